The maximum atomic E-state index is 12.1. The van der Waals surface area contributed by atoms with Crippen LogP contribution in [0.5, 0.6) is 0 Å². The van der Waals surface area contributed by atoms with Gasteiger partial charge in [-0.25, -0.2) is 10.9 Å². The van der Waals surface area contributed by atoms with Gasteiger partial charge in [-0.05, 0) is 59.7 Å². The first kappa shape index (κ1) is 18.1. The second kappa shape index (κ2) is 6.89. The van der Waals surface area contributed by atoms with Crippen LogP contribution in [0.4, 0.5) is 0 Å². The van der Waals surface area contributed by atoms with Crippen LogP contribution in [0, 0.1) is 0 Å². The monoisotopic (exact) mass is 306 g/mol. The molecule has 0 radical (unpaired) electrons. The van der Waals surface area contributed by atoms with Gasteiger partial charge in [0.05, 0.1) is 0 Å². The first-order chi connectivity index (χ1) is 9.98. The Kier molecular flexibility index (Phi) is 5.68. The fraction of sp³-hybridized carbons (Fsp3) is 0.500. The van der Waals surface area contributed by atoms with Crippen LogP contribution >= 0.6 is 0 Å². The number of rotatable bonds is 4. The van der Waals surface area contributed by atoms with Gasteiger partial charge in [0.2, 0.25) is 0 Å². The molecule has 0 spiro atoms. The highest BCUT2D eigenvalue weighted by Gasteiger charge is 2.15. The summed E-state index contributed by atoms with van der Waals surface area (Å²) in [5, 5.41) is 0. The van der Waals surface area contributed by atoms with Gasteiger partial charge >= 0.3 is 0 Å². The Labute approximate surface area is 132 Å². The summed E-state index contributed by atoms with van der Waals surface area (Å²) in [7, 11) is 0. The molecule has 6 heteroatoms. The van der Waals surface area contributed by atoms with Crippen molar-refractivity contribution < 1.29 is 9.59 Å². The van der Waals surface area contributed by atoms with E-state index in [-0.39, 0.29) is 22.9 Å². The zero-order chi connectivity index (χ0) is 17.0. The van der Waals surface area contributed by atoms with Crippen molar-refractivity contribution in [1.29, 1.82) is 0 Å². The van der Waals surface area contributed by atoms with Crippen LogP contribution in [-0.2, 0) is 0 Å². The van der Waals surface area contributed by atoms with Crippen molar-refractivity contribution in [3.63, 3.8) is 0 Å². The minimum atomic E-state index is -0.284. The van der Waals surface area contributed by atoms with Crippen LogP contribution in [0.1, 0.15) is 62.3 Å². The van der Waals surface area contributed by atoms with Crippen molar-refractivity contribution >= 4 is 11.8 Å². The molecule has 0 aromatic heterocycles. The fourth-order valence-electron chi connectivity index (χ4n) is 1.43. The molecular weight excluding hydrogens is 280 g/mol. The van der Waals surface area contributed by atoms with Crippen molar-refractivity contribution in [2.75, 3.05) is 0 Å². The van der Waals surface area contributed by atoms with E-state index in [0.29, 0.717) is 11.1 Å². The van der Waals surface area contributed by atoms with Gasteiger partial charge in [0.1, 0.15) is 0 Å². The second-order valence-electron chi connectivity index (χ2n) is 7.24. The number of amides is 2. The maximum Gasteiger partial charge on any atom is 0.265 e. The average molecular weight is 306 g/mol. The summed E-state index contributed by atoms with van der Waals surface area (Å²) in [6.45, 7) is 11.6. The van der Waals surface area contributed by atoms with Crippen molar-refractivity contribution in [1.82, 2.24) is 21.7 Å². The molecule has 1 aromatic carbocycles. The van der Waals surface area contributed by atoms with Crippen LogP contribution in [0.3, 0.4) is 0 Å². The van der Waals surface area contributed by atoms with E-state index in [2.05, 4.69) is 21.7 Å². The Morgan fingerprint density at radius 3 is 1.45 bits per heavy atom. The normalized spacial score (nSPS) is 11.9. The minimum Gasteiger partial charge on any atom is -0.287 e. The summed E-state index contributed by atoms with van der Waals surface area (Å²) in [6.07, 6.45) is 0. The smallest absolute Gasteiger partial charge is 0.265 e. The average Bonchev–Trinajstić information content (AvgIpc) is 2.40. The van der Waals surface area contributed by atoms with Gasteiger partial charge in [-0.3, -0.25) is 20.4 Å². The Balaban J connectivity index is 2.73. The quantitative estimate of drug-likeness (QED) is 0.639. The Morgan fingerprint density at radius 1 is 0.773 bits per heavy atom. The number of benzene rings is 1. The Morgan fingerprint density at radius 2 is 1.14 bits per heavy atom. The van der Waals surface area contributed by atoms with E-state index in [1.807, 2.05) is 41.5 Å². The summed E-state index contributed by atoms with van der Waals surface area (Å²) >= 11 is 0. The summed E-state index contributed by atoms with van der Waals surface area (Å²) < 4.78 is 0. The zero-order valence-electron chi connectivity index (χ0n) is 14.1. The number of hydrogen-bond donors (Lipinski definition) is 4. The number of hydrogen-bond acceptors (Lipinski definition) is 4. The van der Waals surface area contributed by atoms with Crippen LogP contribution < -0.4 is 21.7 Å². The third-order valence-electron chi connectivity index (χ3n) is 2.49. The number of nitrogens with one attached hydrogen (secondary N) is 4. The molecule has 0 bridgehead atoms. The molecule has 0 saturated heterocycles. The molecule has 0 fully saturated rings. The van der Waals surface area contributed by atoms with Gasteiger partial charge in [-0.2, -0.15) is 0 Å². The van der Waals surface area contributed by atoms with Crippen LogP contribution in [-0.4, -0.2) is 22.9 Å². The van der Waals surface area contributed by atoms with Crippen molar-refractivity contribution in [3.05, 3.63) is 35.4 Å². The van der Waals surface area contributed by atoms with Crippen LogP contribution in [0.2, 0.25) is 0 Å². The van der Waals surface area contributed by atoms with E-state index in [4.69, 9.17) is 0 Å². The van der Waals surface area contributed by atoms with Crippen molar-refractivity contribution in [2.45, 2.75) is 52.6 Å². The van der Waals surface area contributed by atoms with Gasteiger partial charge in [-0.1, -0.05) is 6.07 Å². The predicted molar refractivity (Wildman–Crippen MR) is 87.2 cm³/mol. The molecule has 0 saturated carbocycles. The standard InChI is InChI=1S/C16H26N4O2/c1-15(2,3)19-17-13(21)11-8-7-9-12(10-11)14(22)18-20-16(4,5)6/h7-10,19-20H,1-6H3,(H,17,21)(H,18,22). The Bertz CT molecular complexity index is 497. The summed E-state index contributed by atoms with van der Waals surface area (Å²) in [6, 6.07) is 6.55. The summed E-state index contributed by atoms with van der Waals surface area (Å²) in [4.78, 5) is 24.1. The predicted octanol–water partition coefficient (Wildman–Crippen LogP) is 1.75. The molecule has 0 aliphatic heterocycles. The van der Waals surface area contributed by atoms with Crippen LogP contribution in [0.15, 0.2) is 24.3 Å². The molecule has 0 heterocycles. The lowest BCUT2D eigenvalue weighted by molar-refractivity contribution is 0.0913. The molecule has 4 N–H and O–H groups in total. The topological polar surface area (TPSA) is 82.3 Å². The molecule has 0 atom stereocenters. The molecule has 6 nitrogen and oxygen atoms in total. The molecule has 22 heavy (non-hydrogen) atoms. The molecule has 122 valence electrons. The van der Waals surface area contributed by atoms with Gasteiger partial charge < -0.3 is 0 Å². The highest BCUT2D eigenvalue weighted by Crippen LogP contribution is 2.06. The number of carbonyl (C=O) groups is 2. The molecular formula is C16H26N4O2. The lowest BCUT2D eigenvalue weighted by Gasteiger charge is -2.21. The van der Waals surface area contributed by atoms with Crippen molar-refractivity contribution in [2.24, 2.45) is 0 Å². The van der Waals surface area contributed by atoms with Gasteiger partial charge in [0, 0.05) is 22.2 Å². The van der Waals surface area contributed by atoms with E-state index in [1.165, 1.54) is 0 Å². The summed E-state index contributed by atoms with van der Waals surface area (Å²) in [5.41, 5.74) is 11.4. The zero-order valence-corrected chi connectivity index (χ0v) is 14.1. The maximum absolute atomic E-state index is 12.1. The summed E-state index contributed by atoms with van der Waals surface area (Å²) in [5.74, 6) is -0.568. The van der Waals surface area contributed by atoms with E-state index in [9.17, 15) is 9.59 Å². The highest BCUT2D eigenvalue weighted by molar-refractivity contribution is 5.99. The molecule has 0 aliphatic rings. The molecule has 0 aliphatic carbocycles. The van der Waals surface area contributed by atoms with Crippen LogP contribution in [0.25, 0.3) is 0 Å². The molecule has 2 amide bonds. The highest BCUT2D eigenvalue weighted by atomic mass is 16.2. The SMILES string of the molecule is CC(C)(C)NNC(=O)c1cccc(C(=O)NNC(C)(C)C)c1. The third-order valence-corrected chi connectivity index (χ3v) is 2.49. The molecule has 1 rings (SSSR count). The molecule has 0 unspecified atom stereocenters. The van der Waals surface area contributed by atoms with E-state index < -0.39 is 0 Å². The first-order valence-corrected chi connectivity index (χ1v) is 7.23. The Hall–Kier alpha value is -1.92. The minimum absolute atomic E-state index is 0.235. The van der Waals surface area contributed by atoms with E-state index >= 15 is 0 Å². The third kappa shape index (κ3) is 6.69. The number of carbonyl (C=O) groups excluding carboxylic acids is 2. The molecule has 1 aromatic rings. The largest absolute Gasteiger partial charge is 0.287 e. The van der Waals surface area contributed by atoms with Gasteiger partial charge in [0.25, 0.3) is 11.8 Å². The fourth-order valence-corrected chi connectivity index (χ4v) is 1.43. The van der Waals surface area contributed by atoms with Gasteiger partial charge in [-0.15, -0.1) is 0 Å². The van der Waals surface area contributed by atoms with E-state index in [0.717, 1.165) is 0 Å². The van der Waals surface area contributed by atoms with E-state index in [1.54, 1.807) is 24.3 Å². The van der Waals surface area contributed by atoms with Gasteiger partial charge in [0.15, 0.2) is 0 Å². The first-order valence-electron chi connectivity index (χ1n) is 7.23. The van der Waals surface area contributed by atoms with Crippen molar-refractivity contribution in [3.8, 4) is 0 Å². The second-order valence-corrected chi connectivity index (χ2v) is 7.24. The lowest BCUT2D eigenvalue weighted by atomic mass is 10.1. The number of hydrazine groups is 2. The lowest BCUT2D eigenvalue weighted by Crippen LogP contribution is -2.49.